The number of carbonyl (C=O) groups is 1. The van der Waals surface area contributed by atoms with Gasteiger partial charge >= 0.3 is 5.97 Å². The van der Waals surface area contributed by atoms with Crippen LogP contribution in [0.1, 0.15) is 17.0 Å². The molecule has 2 aromatic rings. The van der Waals surface area contributed by atoms with Crippen LogP contribution >= 0.6 is 0 Å². The number of carboxylic acids is 1. The summed E-state index contributed by atoms with van der Waals surface area (Å²) in [7, 11) is -4.03. The summed E-state index contributed by atoms with van der Waals surface area (Å²) in [4.78, 5) is 11.9. The van der Waals surface area contributed by atoms with Gasteiger partial charge < -0.3 is 14.6 Å². The number of sulfone groups is 1. The highest BCUT2D eigenvalue weighted by atomic mass is 32.2. The van der Waals surface area contributed by atoms with E-state index < -0.39 is 32.4 Å². The number of nitrogens with zero attached hydrogens (tertiary/aromatic N) is 1. The molecule has 2 aliphatic rings. The maximum atomic E-state index is 13.1. The SMILES string of the molecule is Cc1ccc(S(=O)(=O)[C@@H]2[C@H](c3ccc4c(c3)OCO4)[C@]2(C#N)C(=O)O)cc1. The van der Waals surface area contributed by atoms with Gasteiger partial charge in [-0.2, -0.15) is 5.26 Å². The van der Waals surface area contributed by atoms with Gasteiger partial charge in [0.05, 0.1) is 11.0 Å². The smallest absolute Gasteiger partial charge is 0.326 e. The van der Waals surface area contributed by atoms with Gasteiger partial charge in [0.15, 0.2) is 26.8 Å². The van der Waals surface area contributed by atoms with Gasteiger partial charge in [0.25, 0.3) is 0 Å². The van der Waals surface area contributed by atoms with Gasteiger partial charge in [-0.05, 0) is 36.8 Å². The average molecular weight is 385 g/mol. The molecule has 0 saturated heterocycles. The Kier molecular flexibility index (Phi) is 3.68. The van der Waals surface area contributed by atoms with Crippen molar-refractivity contribution in [3.63, 3.8) is 0 Å². The summed E-state index contributed by atoms with van der Waals surface area (Å²) in [5.74, 6) is -1.55. The second kappa shape index (κ2) is 5.72. The zero-order chi connectivity index (χ0) is 19.4. The Morgan fingerprint density at radius 3 is 2.48 bits per heavy atom. The van der Waals surface area contributed by atoms with Crippen molar-refractivity contribution >= 4 is 15.8 Å². The van der Waals surface area contributed by atoms with E-state index in [2.05, 4.69) is 0 Å². The summed E-state index contributed by atoms with van der Waals surface area (Å²) in [5, 5.41) is 18.0. The molecule has 1 aliphatic heterocycles. The molecule has 8 heteroatoms. The van der Waals surface area contributed by atoms with Crippen LogP contribution in [0.5, 0.6) is 11.5 Å². The Morgan fingerprint density at radius 1 is 1.19 bits per heavy atom. The third-order valence-electron chi connectivity index (χ3n) is 5.11. The topological polar surface area (TPSA) is 114 Å². The first-order valence-corrected chi connectivity index (χ1v) is 9.72. The van der Waals surface area contributed by atoms with Gasteiger partial charge in [0.1, 0.15) is 5.25 Å². The van der Waals surface area contributed by atoms with E-state index in [4.69, 9.17) is 9.47 Å². The van der Waals surface area contributed by atoms with Crippen molar-refractivity contribution in [1.82, 2.24) is 0 Å². The molecule has 0 bridgehead atoms. The average Bonchev–Trinajstić information content (AvgIpc) is 3.15. The molecule has 1 heterocycles. The van der Waals surface area contributed by atoms with Crippen LogP contribution in [0.15, 0.2) is 47.4 Å². The maximum absolute atomic E-state index is 13.1. The highest BCUT2D eigenvalue weighted by molar-refractivity contribution is 7.92. The van der Waals surface area contributed by atoms with Crippen LogP contribution in [0.4, 0.5) is 0 Å². The molecular weight excluding hydrogens is 370 g/mol. The Labute approximate surface area is 155 Å². The fourth-order valence-electron chi connectivity index (χ4n) is 3.63. The van der Waals surface area contributed by atoms with Crippen molar-refractivity contribution < 1.29 is 27.8 Å². The Hall–Kier alpha value is -3.05. The number of aliphatic carboxylic acids is 1. The molecule has 2 aromatic carbocycles. The number of nitriles is 1. The lowest BCUT2D eigenvalue weighted by molar-refractivity contribution is -0.141. The lowest BCUT2D eigenvalue weighted by Gasteiger charge is -2.05. The Morgan fingerprint density at radius 2 is 1.85 bits per heavy atom. The molecule has 3 atom stereocenters. The summed E-state index contributed by atoms with van der Waals surface area (Å²) < 4.78 is 36.8. The normalized spacial score (nSPS) is 25.6. The Bertz CT molecular complexity index is 1090. The van der Waals surface area contributed by atoms with E-state index in [1.807, 2.05) is 6.92 Å². The summed E-state index contributed by atoms with van der Waals surface area (Å²) in [6.07, 6.45) is 0. The molecule has 1 aliphatic carbocycles. The van der Waals surface area contributed by atoms with Crippen LogP contribution < -0.4 is 9.47 Å². The van der Waals surface area contributed by atoms with Crippen molar-refractivity contribution in [1.29, 1.82) is 5.26 Å². The minimum atomic E-state index is -4.03. The minimum absolute atomic E-state index is 0.00205. The molecule has 138 valence electrons. The Balaban J connectivity index is 1.82. The van der Waals surface area contributed by atoms with Gasteiger partial charge in [-0.1, -0.05) is 23.8 Å². The van der Waals surface area contributed by atoms with E-state index in [1.54, 1.807) is 36.4 Å². The molecule has 0 unspecified atom stereocenters. The number of aryl methyl sites for hydroxylation is 1. The second-order valence-corrected chi connectivity index (χ2v) is 8.72. The van der Waals surface area contributed by atoms with E-state index >= 15 is 0 Å². The molecule has 1 saturated carbocycles. The molecule has 0 amide bonds. The lowest BCUT2D eigenvalue weighted by atomic mass is 10.0. The lowest BCUT2D eigenvalue weighted by Crippen LogP contribution is -2.22. The van der Waals surface area contributed by atoms with E-state index in [-0.39, 0.29) is 11.7 Å². The summed E-state index contributed by atoms with van der Waals surface area (Å²) in [6, 6.07) is 12.6. The first kappa shape index (κ1) is 17.4. The number of fused-ring (bicyclic) bond motifs is 1. The quantitative estimate of drug-likeness (QED) is 0.858. The monoisotopic (exact) mass is 385 g/mol. The van der Waals surface area contributed by atoms with E-state index in [9.17, 15) is 23.6 Å². The highest BCUT2D eigenvalue weighted by Gasteiger charge is 2.77. The predicted octanol–water partition coefficient (Wildman–Crippen LogP) is 2.26. The van der Waals surface area contributed by atoms with E-state index in [0.717, 1.165) is 5.56 Å². The third-order valence-corrected chi connectivity index (χ3v) is 7.35. The van der Waals surface area contributed by atoms with E-state index in [0.29, 0.717) is 17.1 Å². The number of hydrogen-bond donors (Lipinski definition) is 1. The minimum Gasteiger partial charge on any atom is -0.480 e. The molecule has 27 heavy (non-hydrogen) atoms. The first-order valence-electron chi connectivity index (χ1n) is 8.17. The number of benzene rings is 2. The molecule has 0 radical (unpaired) electrons. The number of rotatable bonds is 4. The van der Waals surface area contributed by atoms with Crippen molar-refractivity contribution in [3.05, 3.63) is 53.6 Å². The third kappa shape index (κ3) is 2.39. The number of hydrogen-bond acceptors (Lipinski definition) is 6. The van der Waals surface area contributed by atoms with Gasteiger partial charge in [0.2, 0.25) is 6.79 Å². The van der Waals surface area contributed by atoms with Crippen molar-refractivity contribution in [2.24, 2.45) is 5.41 Å². The van der Waals surface area contributed by atoms with Crippen LogP contribution in [0.25, 0.3) is 0 Å². The predicted molar refractivity (Wildman–Crippen MR) is 93.1 cm³/mol. The molecule has 4 rings (SSSR count). The molecule has 0 spiro atoms. The fraction of sp³-hybridized carbons (Fsp3) is 0.263. The van der Waals surface area contributed by atoms with Crippen molar-refractivity contribution in [3.8, 4) is 17.6 Å². The molecule has 1 fully saturated rings. The summed E-state index contributed by atoms with van der Waals surface area (Å²) in [5.41, 5.74) is -0.747. The zero-order valence-corrected chi connectivity index (χ0v) is 15.1. The molecule has 7 nitrogen and oxygen atoms in total. The van der Waals surface area contributed by atoms with Crippen LogP contribution in [0.2, 0.25) is 0 Å². The van der Waals surface area contributed by atoms with Crippen molar-refractivity contribution in [2.45, 2.75) is 23.0 Å². The zero-order valence-electron chi connectivity index (χ0n) is 14.2. The fourth-order valence-corrected chi connectivity index (χ4v) is 5.88. The maximum Gasteiger partial charge on any atom is 0.326 e. The van der Waals surface area contributed by atoms with Crippen LogP contribution in [-0.2, 0) is 14.6 Å². The standard InChI is InChI=1S/C19H15NO6S/c1-11-2-5-13(6-3-11)27(23,24)17-16(19(17,9-20)18(21)22)12-4-7-14-15(8-12)26-10-25-14/h2-8,16-17H,10H2,1H3,(H,21,22)/t16-,17+,19-/m0/s1. The van der Waals surface area contributed by atoms with Gasteiger partial charge in [-0.3, -0.25) is 4.79 Å². The summed E-state index contributed by atoms with van der Waals surface area (Å²) in [6.45, 7) is 1.86. The van der Waals surface area contributed by atoms with Crippen molar-refractivity contribution in [2.75, 3.05) is 6.79 Å². The molecule has 0 aromatic heterocycles. The number of carboxylic acid groups (broad SMARTS) is 1. The second-order valence-electron chi connectivity index (χ2n) is 6.66. The van der Waals surface area contributed by atoms with Crippen LogP contribution in [0.3, 0.4) is 0 Å². The first-order chi connectivity index (χ1) is 12.8. The van der Waals surface area contributed by atoms with Crippen LogP contribution in [0, 0.1) is 23.7 Å². The summed E-state index contributed by atoms with van der Waals surface area (Å²) >= 11 is 0. The van der Waals surface area contributed by atoms with Gasteiger partial charge in [0, 0.05) is 5.92 Å². The number of ether oxygens (including phenoxy) is 2. The van der Waals surface area contributed by atoms with Crippen LogP contribution in [-0.4, -0.2) is 31.5 Å². The molecule has 1 N–H and O–H groups in total. The van der Waals surface area contributed by atoms with Gasteiger partial charge in [-0.15, -0.1) is 0 Å². The van der Waals surface area contributed by atoms with E-state index in [1.165, 1.54) is 12.1 Å². The highest BCUT2D eigenvalue weighted by Crippen LogP contribution is 2.64. The molecular formula is C19H15NO6S. The largest absolute Gasteiger partial charge is 0.480 e. The van der Waals surface area contributed by atoms with Gasteiger partial charge in [-0.25, -0.2) is 8.42 Å².